The van der Waals surface area contributed by atoms with Crippen molar-refractivity contribution >= 4 is 16.0 Å². The zero-order chi connectivity index (χ0) is 25.0. The number of hydrogen-bond donors (Lipinski definition) is 2. The number of carboxylic acid groups (broad SMARTS) is 1. The van der Waals surface area contributed by atoms with Gasteiger partial charge in [-0.05, 0) is 0 Å². The Hall–Kier alpha value is -1.67. The Labute approximate surface area is 153 Å². The molecule has 0 aromatic carbocycles. The number of aliphatic carboxylic acids is 1. The second-order valence-corrected chi connectivity index (χ2v) is 6.91. The second kappa shape index (κ2) is 7.19. The molecule has 0 bridgehead atoms. The first kappa shape index (κ1) is 28.3. The minimum Gasteiger partial charge on any atom is -0.480 e. The van der Waals surface area contributed by atoms with E-state index in [9.17, 15) is 79.1 Å². The van der Waals surface area contributed by atoms with Crippen LogP contribution in [0, 0.1) is 0 Å². The van der Waals surface area contributed by atoms with E-state index in [2.05, 4.69) is 0 Å². The van der Waals surface area contributed by atoms with Gasteiger partial charge in [0.1, 0.15) is 6.54 Å². The summed E-state index contributed by atoms with van der Waals surface area (Å²) in [5.74, 6) is -44.7. The molecule has 5 nitrogen and oxygen atoms in total. The van der Waals surface area contributed by atoms with E-state index in [1.807, 2.05) is 0 Å². The molecular formula is C9H4F15NO4S. The van der Waals surface area contributed by atoms with Crippen molar-refractivity contribution in [1.82, 2.24) is 4.72 Å². The van der Waals surface area contributed by atoms with Gasteiger partial charge < -0.3 is 5.11 Å². The van der Waals surface area contributed by atoms with Gasteiger partial charge in [0.05, 0.1) is 0 Å². The topological polar surface area (TPSA) is 83.5 Å². The number of sulfonamides is 1. The van der Waals surface area contributed by atoms with Crippen molar-refractivity contribution in [1.29, 1.82) is 0 Å². The Morgan fingerprint density at radius 3 is 1.23 bits per heavy atom. The van der Waals surface area contributed by atoms with Gasteiger partial charge in [0.25, 0.3) is 10.0 Å². The van der Waals surface area contributed by atoms with Crippen LogP contribution in [0.1, 0.15) is 0 Å². The Balaban J connectivity index is 6.66. The van der Waals surface area contributed by atoms with Crippen LogP contribution in [0.3, 0.4) is 0 Å². The molecule has 0 aromatic heterocycles. The highest BCUT2D eigenvalue weighted by Gasteiger charge is 2.94. The lowest BCUT2D eigenvalue weighted by Gasteiger charge is -2.41. The highest BCUT2D eigenvalue weighted by Crippen LogP contribution is 2.62. The standard InChI is InChI=1S/C9H4F15NO4S/c10-3(11,4(12,13)6(16,17)8(20,21)22)5(14,15)7(18,19)9(23,24)30(28,29)25-1-2(26)27/h25H,1H2,(H,26,27). The minimum atomic E-state index is -8.64. The van der Waals surface area contributed by atoms with Crippen LogP contribution in [-0.4, -0.2) is 67.1 Å². The maximum atomic E-state index is 13.3. The van der Waals surface area contributed by atoms with Gasteiger partial charge in [0, 0.05) is 0 Å². The molecule has 0 heterocycles. The van der Waals surface area contributed by atoms with Crippen LogP contribution in [0.25, 0.3) is 0 Å². The molecule has 0 aliphatic carbocycles. The number of carbonyl (C=O) groups is 1. The summed E-state index contributed by atoms with van der Waals surface area (Å²) in [4.78, 5) is 10.00. The van der Waals surface area contributed by atoms with Gasteiger partial charge in [0.15, 0.2) is 0 Å². The van der Waals surface area contributed by atoms with Crippen LogP contribution in [0.5, 0.6) is 0 Å². The van der Waals surface area contributed by atoms with E-state index in [1.165, 1.54) is 0 Å². The molecule has 30 heavy (non-hydrogen) atoms. The van der Waals surface area contributed by atoms with E-state index >= 15 is 0 Å². The summed E-state index contributed by atoms with van der Waals surface area (Å²) in [7, 11) is -7.45. The highest BCUT2D eigenvalue weighted by atomic mass is 32.2. The highest BCUT2D eigenvalue weighted by molar-refractivity contribution is 7.90. The number of alkyl halides is 15. The first-order valence-electron chi connectivity index (χ1n) is 6.21. The first-order chi connectivity index (χ1) is 12.7. The summed E-state index contributed by atoms with van der Waals surface area (Å²) in [6.07, 6.45) is -7.79. The minimum absolute atomic E-state index is 0.0296. The fourth-order valence-electron chi connectivity index (χ4n) is 1.37. The number of nitrogens with one attached hydrogen (secondary N) is 1. The van der Waals surface area contributed by atoms with Crippen molar-refractivity contribution in [2.75, 3.05) is 6.54 Å². The van der Waals surface area contributed by atoms with Crippen molar-refractivity contribution in [3.63, 3.8) is 0 Å². The van der Waals surface area contributed by atoms with E-state index in [4.69, 9.17) is 5.11 Å². The fourth-order valence-corrected chi connectivity index (χ4v) is 2.33. The van der Waals surface area contributed by atoms with Crippen molar-refractivity contribution in [3.05, 3.63) is 0 Å². The fraction of sp³-hybridized carbons (Fsp3) is 0.889. The average molecular weight is 507 g/mol. The molecule has 2 N–H and O–H groups in total. The normalized spacial score (nSPS) is 16.0. The maximum Gasteiger partial charge on any atom is 0.460 e. The predicted octanol–water partition coefficient (Wildman–Crippen LogP) is 3.32. The zero-order valence-corrected chi connectivity index (χ0v) is 13.8. The van der Waals surface area contributed by atoms with E-state index in [1.54, 1.807) is 0 Å². The van der Waals surface area contributed by atoms with Crippen LogP contribution < -0.4 is 4.72 Å². The quantitative estimate of drug-likeness (QED) is 0.470. The Morgan fingerprint density at radius 1 is 0.633 bits per heavy atom. The lowest BCUT2D eigenvalue weighted by molar-refractivity contribution is -0.447. The van der Waals surface area contributed by atoms with Crippen LogP contribution >= 0.6 is 0 Å². The third-order valence-corrected chi connectivity index (χ3v) is 4.51. The van der Waals surface area contributed by atoms with Gasteiger partial charge in [-0.3, -0.25) is 4.79 Å². The number of rotatable bonds is 9. The largest absolute Gasteiger partial charge is 0.480 e. The molecule has 0 spiro atoms. The first-order valence-corrected chi connectivity index (χ1v) is 7.69. The molecule has 21 heteroatoms. The van der Waals surface area contributed by atoms with Crippen LogP contribution in [-0.2, 0) is 14.8 Å². The van der Waals surface area contributed by atoms with Crippen molar-refractivity contribution in [3.8, 4) is 0 Å². The number of carboxylic acids is 1. The lowest BCUT2D eigenvalue weighted by atomic mass is 9.94. The smallest absolute Gasteiger partial charge is 0.460 e. The molecule has 0 saturated carbocycles. The molecule has 0 fully saturated rings. The molecule has 0 amide bonds. The van der Waals surface area contributed by atoms with Crippen LogP contribution in [0.4, 0.5) is 65.9 Å². The summed E-state index contributed by atoms with van der Waals surface area (Å²) in [5, 5.41) is 0.357. The summed E-state index contributed by atoms with van der Waals surface area (Å²) in [6.45, 7) is -2.28. The van der Waals surface area contributed by atoms with Gasteiger partial charge in [-0.15, -0.1) is 0 Å². The molecule has 0 rings (SSSR count). The van der Waals surface area contributed by atoms with E-state index in [0.717, 1.165) is 0 Å². The molecule has 0 aliphatic rings. The molecule has 0 atom stereocenters. The molecule has 0 saturated heterocycles. The van der Waals surface area contributed by atoms with E-state index in [-0.39, 0.29) is 4.72 Å². The summed E-state index contributed by atoms with van der Waals surface area (Å²) in [5.41, 5.74) is 0. The summed E-state index contributed by atoms with van der Waals surface area (Å²) < 4.78 is 214. The Bertz CT molecular complexity index is 771. The molecule has 0 radical (unpaired) electrons. The molecular weight excluding hydrogens is 503 g/mol. The third-order valence-electron chi connectivity index (χ3n) is 3.05. The van der Waals surface area contributed by atoms with E-state index in [0.29, 0.717) is 0 Å². The maximum absolute atomic E-state index is 13.3. The zero-order valence-electron chi connectivity index (χ0n) is 13.0. The SMILES string of the molecule is O=C(O)CNS(=O)(=O)C(F)(F)C(F)(F)C(F)(F)C(F)(F)C(F)(F)C(F)(F)C(F)(F)F. The van der Waals surface area contributed by atoms with Crippen molar-refractivity contribution in [2.45, 2.75) is 41.0 Å². The average Bonchev–Trinajstić information content (AvgIpc) is 2.50. The van der Waals surface area contributed by atoms with Gasteiger partial charge in [-0.1, -0.05) is 0 Å². The summed E-state index contributed by atoms with van der Waals surface area (Å²) in [6, 6.07) is 0. The number of halogens is 15. The van der Waals surface area contributed by atoms with Crippen LogP contribution in [0.15, 0.2) is 0 Å². The molecule has 180 valence electrons. The Morgan fingerprint density at radius 2 is 0.933 bits per heavy atom. The second-order valence-electron chi connectivity index (χ2n) is 5.10. The molecule has 0 aliphatic heterocycles. The van der Waals surface area contributed by atoms with Gasteiger partial charge in [-0.25, -0.2) is 8.42 Å². The van der Waals surface area contributed by atoms with Gasteiger partial charge >= 0.3 is 47.0 Å². The van der Waals surface area contributed by atoms with Gasteiger partial charge in [0.2, 0.25) is 0 Å². The predicted molar refractivity (Wildman–Crippen MR) is 60.3 cm³/mol. The molecule has 0 unspecified atom stereocenters. The lowest BCUT2D eigenvalue weighted by Crippen LogP contribution is -2.73. The van der Waals surface area contributed by atoms with Crippen LogP contribution in [0.2, 0.25) is 0 Å². The van der Waals surface area contributed by atoms with Crippen molar-refractivity contribution < 1.29 is 84.2 Å². The Kier molecular flexibility index (Phi) is 6.79. The molecule has 0 aromatic rings. The van der Waals surface area contributed by atoms with Gasteiger partial charge in [-0.2, -0.15) is 70.6 Å². The van der Waals surface area contributed by atoms with E-state index < -0.39 is 63.6 Å². The monoisotopic (exact) mass is 507 g/mol. The number of hydrogen-bond acceptors (Lipinski definition) is 3. The summed E-state index contributed by atoms with van der Waals surface area (Å²) >= 11 is 0. The van der Waals surface area contributed by atoms with Crippen molar-refractivity contribution in [2.24, 2.45) is 0 Å². The third kappa shape index (κ3) is 3.73.